The number of benzene rings is 1. The summed E-state index contributed by atoms with van der Waals surface area (Å²) in [5, 5.41) is 4.40. The number of rotatable bonds is 3. The largest absolute Gasteiger partial charge is 0.298 e. The first-order chi connectivity index (χ1) is 11.0. The van der Waals surface area contributed by atoms with Gasteiger partial charge in [-0.25, -0.2) is 4.98 Å². The summed E-state index contributed by atoms with van der Waals surface area (Å²) in [6, 6.07) is 8.55. The van der Waals surface area contributed by atoms with Gasteiger partial charge in [0.25, 0.3) is 5.91 Å². The molecule has 0 saturated carbocycles. The maximum atomic E-state index is 12.2. The number of nitrogens with zero attached hydrogens (tertiary/aromatic N) is 2. The van der Waals surface area contributed by atoms with E-state index in [1.807, 2.05) is 13.0 Å². The van der Waals surface area contributed by atoms with E-state index in [9.17, 15) is 4.79 Å². The molecule has 3 rings (SSSR count). The van der Waals surface area contributed by atoms with Crippen LogP contribution in [0.25, 0.3) is 11.3 Å². The first-order valence-corrected chi connectivity index (χ1v) is 8.26. The van der Waals surface area contributed by atoms with Gasteiger partial charge in [0.1, 0.15) is 0 Å². The Morgan fingerprint density at radius 1 is 1.17 bits per heavy atom. The van der Waals surface area contributed by atoms with Crippen LogP contribution >= 0.6 is 34.5 Å². The van der Waals surface area contributed by atoms with E-state index >= 15 is 0 Å². The standard InChI is InChI=1S/C16H11Cl2N3OS/c1-9-14(12-3-2-11(17)8-13(12)18)20-16(23-9)21-15(22)10-4-6-19-7-5-10/h2-8H,1H3,(H,20,21,22). The van der Waals surface area contributed by atoms with Crippen molar-refractivity contribution in [2.45, 2.75) is 6.92 Å². The van der Waals surface area contributed by atoms with Crippen molar-refractivity contribution in [1.29, 1.82) is 0 Å². The van der Waals surface area contributed by atoms with Crippen LogP contribution in [0.5, 0.6) is 0 Å². The van der Waals surface area contributed by atoms with Crippen molar-refractivity contribution < 1.29 is 4.79 Å². The van der Waals surface area contributed by atoms with Crippen molar-refractivity contribution in [1.82, 2.24) is 9.97 Å². The molecule has 0 unspecified atom stereocenters. The highest BCUT2D eigenvalue weighted by Crippen LogP contribution is 2.35. The zero-order chi connectivity index (χ0) is 16.4. The minimum Gasteiger partial charge on any atom is -0.298 e. The van der Waals surface area contributed by atoms with Gasteiger partial charge in [-0.2, -0.15) is 0 Å². The molecule has 7 heteroatoms. The summed E-state index contributed by atoms with van der Waals surface area (Å²) in [6.07, 6.45) is 3.14. The highest BCUT2D eigenvalue weighted by atomic mass is 35.5. The first-order valence-electron chi connectivity index (χ1n) is 6.69. The van der Waals surface area contributed by atoms with Gasteiger partial charge in [-0.15, -0.1) is 11.3 Å². The summed E-state index contributed by atoms with van der Waals surface area (Å²) in [5.74, 6) is -0.227. The number of aromatic nitrogens is 2. The van der Waals surface area contributed by atoms with Crippen LogP contribution in [0.4, 0.5) is 5.13 Å². The topological polar surface area (TPSA) is 54.9 Å². The molecule has 0 atom stereocenters. The molecule has 0 radical (unpaired) electrons. The Hall–Kier alpha value is -1.95. The van der Waals surface area contributed by atoms with Crippen molar-refractivity contribution >= 4 is 45.6 Å². The molecule has 3 aromatic rings. The molecule has 0 fully saturated rings. The molecule has 0 aliphatic carbocycles. The van der Waals surface area contributed by atoms with E-state index in [-0.39, 0.29) is 5.91 Å². The molecule has 0 aliphatic rings. The number of amides is 1. The fourth-order valence-corrected chi connectivity index (χ4v) is 3.37. The number of nitrogens with one attached hydrogen (secondary N) is 1. The van der Waals surface area contributed by atoms with Gasteiger partial charge in [-0.05, 0) is 37.3 Å². The molecule has 23 heavy (non-hydrogen) atoms. The van der Waals surface area contributed by atoms with Crippen molar-refractivity contribution in [3.63, 3.8) is 0 Å². The number of hydrogen-bond donors (Lipinski definition) is 1. The first kappa shape index (κ1) is 15.9. The number of anilines is 1. The lowest BCUT2D eigenvalue weighted by Gasteiger charge is -2.03. The van der Waals surface area contributed by atoms with Gasteiger partial charge in [0.15, 0.2) is 5.13 Å². The third kappa shape index (κ3) is 3.52. The van der Waals surface area contributed by atoms with Crippen LogP contribution in [0.1, 0.15) is 15.2 Å². The van der Waals surface area contributed by atoms with Crippen molar-refractivity contribution in [2.24, 2.45) is 0 Å². The Morgan fingerprint density at radius 3 is 2.61 bits per heavy atom. The average Bonchev–Trinajstić information content (AvgIpc) is 2.88. The van der Waals surface area contributed by atoms with Crippen LogP contribution in [-0.2, 0) is 0 Å². The molecular weight excluding hydrogens is 353 g/mol. The highest BCUT2D eigenvalue weighted by molar-refractivity contribution is 7.16. The number of thiazole rings is 1. The predicted octanol–water partition coefficient (Wildman–Crippen LogP) is 5.07. The minimum atomic E-state index is -0.227. The average molecular weight is 364 g/mol. The fourth-order valence-electron chi connectivity index (χ4n) is 2.05. The molecule has 4 nitrogen and oxygen atoms in total. The van der Waals surface area contributed by atoms with E-state index in [0.29, 0.717) is 20.7 Å². The lowest BCUT2D eigenvalue weighted by Crippen LogP contribution is -2.11. The molecule has 2 aromatic heterocycles. The maximum Gasteiger partial charge on any atom is 0.257 e. The monoisotopic (exact) mass is 363 g/mol. The second-order valence-electron chi connectivity index (χ2n) is 4.74. The van der Waals surface area contributed by atoms with Gasteiger partial charge in [0.2, 0.25) is 0 Å². The Balaban J connectivity index is 1.88. The quantitative estimate of drug-likeness (QED) is 0.706. The normalized spacial score (nSPS) is 10.6. The molecular formula is C16H11Cl2N3OS. The summed E-state index contributed by atoms with van der Waals surface area (Å²) in [5.41, 5.74) is 2.05. The number of pyridine rings is 1. The summed E-state index contributed by atoms with van der Waals surface area (Å²) < 4.78 is 0. The Morgan fingerprint density at radius 2 is 1.91 bits per heavy atom. The lowest BCUT2D eigenvalue weighted by molar-refractivity contribution is 0.102. The van der Waals surface area contributed by atoms with E-state index in [2.05, 4.69) is 15.3 Å². The lowest BCUT2D eigenvalue weighted by atomic mass is 10.1. The van der Waals surface area contributed by atoms with Crippen LogP contribution in [0.15, 0.2) is 42.7 Å². The van der Waals surface area contributed by atoms with Crippen LogP contribution in [-0.4, -0.2) is 15.9 Å². The maximum absolute atomic E-state index is 12.2. The van der Waals surface area contributed by atoms with Gasteiger partial charge >= 0.3 is 0 Å². The van der Waals surface area contributed by atoms with Gasteiger partial charge in [-0.1, -0.05) is 23.2 Å². The van der Waals surface area contributed by atoms with Crippen LogP contribution in [0, 0.1) is 6.92 Å². The van der Waals surface area contributed by atoms with Crippen LogP contribution in [0.3, 0.4) is 0 Å². The number of aryl methyl sites for hydroxylation is 1. The third-order valence-corrected chi connectivity index (χ3v) is 4.58. The number of halogens is 2. The molecule has 1 N–H and O–H groups in total. The molecule has 0 saturated heterocycles. The second kappa shape index (κ2) is 6.66. The number of hydrogen-bond acceptors (Lipinski definition) is 4. The van der Waals surface area contributed by atoms with Gasteiger partial charge in [0.05, 0.1) is 10.7 Å². The van der Waals surface area contributed by atoms with E-state index in [4.69, 9.17) is 23.2 Å². The Bertz CT molecular complexity index is 865. The van der Waals surface area contributed by atoms with Crippen molar-refractivity contribution in [3.05, 3.63) is 63.2 Å². The summed E-state index contributed by atoms with van der Waals surface area (Å²) in [4.78, 5) is 21.5. The summed E-state index contributed by atoms with van der Waals surface area (Å²) in [6.45, 7) is 1.93. The van der Waals surface area contributed by atoms with Gasteiger partial charge in [-0.3, -0.25) is 15.1 Å². The molecule has 2 heterocycles. The highest BCUT2D eigenvalue weighted by Gasteiger charge is 2.15. The van der Waals surface area contributed by atoms with Crippen molar-refractivity contribution in [3.8, 4) is 11.3 Å². The molecule has 1 aromatic carbocycles. The third-order valence-electron chi connectivity index (χ3n) is 3.15. The zero-order valence-electron chi connectivity index (χ0n) is 12.0. The van der Waals surface area contributed by atoms with Crippen LogP contribution in [0.2, 0.25) is 10.0 Å². The van der Waals surface area contributed by atoms with E-state index < -0.39 is 0 Å². The van der Waals surface area contributed by atoms with E-state index in [0.717, 1.165) is 16.1 Å². The summed E-state index contributed by atoms with van der Waals surface area (Å²) in [7, 11) is 0. The van der Waals surface area contributed by atoms with Gasteiger partial charge in [0, 0.05) is 33.4 Å². The Kier molecular flexibility index (Phi) is 4.61. The fraction of sp³-hybridized carbons (Fsp3) is 0.0625. The summed E-state index contributed by atoms with van der Waals surface area (Å²) >= 11 is 13.5. The van der Waals surface area contributed by atoms with E-state index in [1.165, 1.54) is 11.3 Å². The number of carbonyl (C=O) groups is 1. The predicted molar refractivity (Wildman–Crippen MR) is 94.5 cm³/mol. The molecule has 116 valence electrons. The number of carbonyl (C=O) groups excluding carboxylic acids is 1. The second-order valence-corrected chi connectivity index (χ2v) is 6.78. The zero-order valence-corrected chi connectivity index (χ0v) is 14.3. The van der Waals surface area contributed by atoms with Crippen LogP contribution < -0.4 is 5.32 Å². The minimum absolute atomic E-state index is 0.227. The van der Waals surface area contributed by atoms with Crippen molar-refractivity contribution in [2.75, 3.05) is 5.32 Å². The molecule has 1 amide bonds. The molecule has 0 spiro atoms. The smallest absolute Gasteiger partial charge is 0.257 e. The SMILES string of the molecule is Cc1sc(NC(=O)c2ccncc2)nc1-c1ccc(Cl)cc1Cl. The molecule has 0 aliphatic heterocycles. The van der Waals surface area contributed by atoms with E-state index in [1.54, 1.807) is 36.7 Å². The Labute approximate surface area is 147 Å². The van der Waals surface area contributed by atoms with Gasteiger partial charge < -0.3 is 0 Å². The molecule has 0 bridgehead atoms.